The van der Waals surface area contributed by atoms with E-state index in [1.165, 1.54) is 0 Å². The summed E-state index contributed by atoms with van der Waals surface area (Å²) in [7, 11) is 3.41. The zero-order valence-corrected chi connectivity index (χ0v) is 10.5. The summed E-state index contributed by atoms with van der Waals surface area (Å²) in [6.07, 6.45) is 0. The number of Topliss-reactive ketones (excluding diaryl/α,β-unsaturated/α-hetero) is 1. The molecule has 0 saturated carbocycles. The van der Waals surface area contributed by atoms with Crippen LogP contribution in [0.1, 0.15) is 17.3 Å². The van der Waals surface area contributed by atoms with E-state index in [1.54, 1.807) is 31.4 Å². The second-order valence-corrected chi connectivity index (χ2v) is 3.97. The minimum Gasteiger partial charge on any atom is -0.497 e. The normalized spacial score (nSPS) is 12.5. The third-order valence-electron chi connectivity index (χ3n) is 2.87. The molecule has 0 aliphatic rings. The maximum Gasteiger partial charge on any atom is 0.179 e. The minimum absolute atomic E-state index is 0.0450. The molecule has 1 rings (SSSR count). The highest BCUT2D eigenvalue weighted by Crippen LogP contribution is 2.14. The van der Waals surface area contributed by atoms with Crippen molar-refractivity contribution in [3.05, 3.63) is 29.8 Å². The predicted molar refractivity (Wildman–Crippen MR) is 66.5 cm³/mol. The third kappa shape index (κ3) is 3.54. The molecule has 4 nitrogen and oxygen atoms in total. The maximum atomic E-state index is 12.1. The lowest BCUT2D eigenvalue weighted by Gasteiger charge is -2.22. The van der Waals surface area contributed by atoms with E-state index >= 15 is 0 Å². The standard InChI is InChI=1S/C13H19NO3/c1-10(14(2)8-9-15)13(16)11-4-6-12(17-3)7-5-11/h4-7,10,15H,8-9H2,1-3H3. The summed E-state index contributed by atoms with van der Waals surface area (Å²) >= 11 is 0. The van der Waals surface area contributed by atoms with Gasteiger partial charge in [0.1, 0.15) is 5.75 Å². The van der Waals surface area contributed by atoms with Gasteiger partial charge in [0.2, 0.25) is 0 Å². The lowest BCUT2D eigenvalue weighted by atomic mass is 10.0. The molecule has 0 amide bonds. The quantitative estimate of drug-likeness (QED) is 0.755. The Bertz CT molecular complexity index is 361. The van der Waals surface area contributed by atoms with Gasteiger partial charge in [-0.3, -0.25) is 9.69 Å². The Morgan fingerprint density at radius 1 is 1.41 bits per heavy atom. The van der Waals surface area contributed by atoms with Crippen LogP contribution in [0.25, 0.3) is 0 Å². The maximum absolute atomic E-state index is 12.1. The summed E-state index contributed by atoms with van der Waals surface area (Å²) in [5, 5.41) is 8.84. The zero-order chi connectivity index (χ0) is 12.8. The number of nitrogens with zero attached hydrogens (tertiary/aromatic N) is 1. The second-order valence-electron chi connectivity index (χ2n) is 3.97. The fourth-order valence-corrected chi connectivity index (χ4v) is 1.55. The van der Waals surface area contributed by atoms with Crippen LogP contribution in [0.5, 0.6) is 5.75 Å². The van der Waals surface area contributed by atoms with Crippen LogP contribution < -0.4 is 4.74 Å². The van der Waals surface area contributed by atoms with Crippen LogP contribution in [0.4, 0.5) is 0 Å². The van der Waals surface area contributed by atoms with E-state index in [1.807, 2.05) is 18.9 Å². The first-order valence-electron chi connectivity index (χ1n) is 5.59. The van der Waals surface area contributed by atoms with Crippen LogP contribution in [0.15, 0.2) is 24.3 Å². The average Bonchev–Trinajstić information content (AvgIpc) is 2.37. The Labute approximate surface area is 102 Å². The molecule has 1 aromatic rings. The monoisotopic (exact) mass is 237 g/mol. The van der Waals surface area contributed by atoms with Crippen molar-refractivity contribution >= 4 is 5.78 Å². The number of rotatable bonds is 6. The lowest BCUT2D eigenvalue weighted by molar-refractivity contribution is 0.0848. The summed E-state index contributed by atoms with van der Waals surface area (Å²) in [5.74, 6) is 0.779. The Balaban J connectivity index is 2.74. The first kappa shape index (κ1) is 13.7. The highest BCUT2D eigenvalue weighted by molar-refractivity contribution is 5.99. The predicted octanol–water partition coefficient (Wildman–Crippen LogP) is 1.19. The molecule has 1 N–H and O–H groups in total. The van der Waals surface area contributed by atoms with Crippen LogP contribution >= 0.6 is 0 Å². The number of ether oxygens (including phenoxy) is 1. The van der Waals surface area contributed by atoms with Gasteiger partial charge in [-0.2, -0.15) is 0 Å². The SMILES string of the molecule is COc1ccc(C(=O)C(C)N(C)CCO)cc1. The molecule has 1 aromatic carbocycles. The molecular weight excluding hydrogens is 218 g/mol. The Morgan fingerprint density at radius 2 is 2.00 bits per heavy atom. The Kier molecular flexibility index (Phi) is 5.12. The van der Waals surface area contributed by atoms with Gasteiger partial charge in [0.05, 0.1) is 19.8 Å². The topological polar surface area (TPSA) is 49.8 Å². The molecule has 0 saturated heterocycles. The first-order chi connectivity index (χ1) is 8.10. The molecule has 94 valence electrons. The van der Waals surface area contributed by atoms with Crippen molar-refractivity contribution < 1.29 is 14.6 Å². The first-order valence-corrected chi connectivity index (χ1v) is 5.59. The largest absolute Gasteiger partial charge is 0.497 e. The van der Waals surface area contributed by atoms with Crippen LogP contribution in [0.2, 0.25) is 0 Å². The van der Waals surface area contributed by atoms with Crippen LogP contribution in [-0.2, 0) is 0 Å². The van der Waals surface area contributed by atoms with E-state index < -0.39 is 0 Å². The molecule has 0 bridgehead atoms. The summed E-state index contributed by atoms with van der Waals surface area (Å²) in [6.45, 7) is 2.38. The second kappa shape index (κ2) is 6.37. The molecule has 0 spiro atoms. The summed E-state index contributed by atoms with van der Waals surface area (Å²) in [6, 6.07) is 6.81. The molecule has 0 heterocycles. The van der Waals surface area contributed by atoms with Gasteiger partial charge in [0.15, 0.2) is 5.78 Å². The zero-order valence-electron chi connectivity index (χ0n) is 10.5. The van der Waals surface area contributed by atoms with Crippen LogP contribution in [0, 0.1) is 0 Å². The number of carbonyl (C=O) groups excluding carboxylic acids is 1. The van der Waals surface area contributed by atoms with E-state index in [4.69, 9.17) is 9.84 Å². The number of methoxy groups -OCH3 is 1. The molecule has 1 atom stereocenters. The Hall–Kier alpha value is -1.39. The van der Waals surface area contributed by atoms with Crippen molar-refractivity contribution in [3.8, 4) is 5.75 Å². The summed E-state index contributed by atoms with van der Waals surface area (Å²) in [5.41, 5.74) is 0.656. The van der Waals surface area contributed by atoms with Gasteiger partial charge in [0, 0.05) is 12.1 Å². The number of aliphatic hydroxyl groups is 1. The van der Waals surface area contributed by atoms with E-state index in [2.05, 4.69) is 0 Å². The molecule has 4 heteroatoms. The number of hydrogen-bond donors (Lipinski definition) is 1. The van der Waals surface area contributed by atoms with Gasteiger partial charge in [-0.1, -0.05) is 0 Å². The van der Waals surface area contributed by atoms with E-state index in [9.17, 15) is 4.79 Å². The Morgan fingerprint density at radius 3 is 2.47 bits per heavy atom. The number of aliphatic hydroxyl groups excluding tert-OH is 1. The highest BCUT2D eigenvalue weighted by Gasteiger charge is 2.18. The number of benzene rings is 1. The van der Waals surface area contributed by atoms with E-state index in [0.717, 1.165) is 5.75 Å². The van der Waals surface area contributed by atoms with Crippen molar-refractivity contribution in [2.45, 2.75) is 13.0 Å². The average molecular weight is 237 g/mol. The van der Waals surface area contributed by atoms with Crippen molar-refractivity contribution in [2.24, 2.45) is 0 Å². The fourth-order valence-electron chi connectivity index (χ4n) is 1.55. The molecule has 0 aliphatic carbocycles. The van der Waals surface area contributed by atoms with Crippen molar-refractivity contribution in [1.29, 1.82) is 0 Å². The van der Waals surface area contributed by atoms with Crippen LogP contribution in [-0.4, -0.2) is 49.1 Å². The summed E-state index contributed by atoms with van der Waals surface area (Å²) < 4.78 is 5.04. The van der Waals surface area contributed by atoms with Gasteiger partial charge in [-0.15, -0.1) is 0 Å². The molecule has 1 unspecified atom stereocenters. The summed E-state index contributed by atoms with van der Waals surface area (Å²) in [4.78, 5) is 13.9. The van der Waals surface area contributed by atoms with E-state index in [0.29, 0.717) is 12.1 Å². The smallest absolute Gasteiger partial charge is 0.179 e. The molecule has 0 radical (unpaired) electrons. The van der Waals surface area contributed by atoms with Gasteiger partial charge in [-0.25, -0.2) is 0 Å². The van der Waals surface area contributed by atoms with Gasteiger partial charge < -0.3 is 9.84 Å². The lowest BCUT2D eigenvalue weighted by Crippen LogP contribution is -2.37. The molecular formula is C13H19NO3. The molecule has 17 heavy (non-hydrogen) atoms. The van der Waals surface area contributed by atoms with Crippen LogP contribution in [0.3, 0.4) is 0 Å². The highest BCUT2D eigenvalue weighted by atomic mass is 16.5. The number of ketones is 1. The van der Waals surface area contributed by atoms with Crippen molar-refractivity contribution in [1.82, 2.24) is 4.90 Å². The number of likely N-dealkylation sites (N-methyl/N-ethyl adjacent to an activating group) is 1. The van der Waals surface area contributed by atoms with Gasteiger partial charge >= 0.3 is 0 Å². The number of carbonyl (C=O) groups is 1. The fraction of sp³-hybridized carbons (Fsp3) is 0.462. The van der Waals surface area contributed by atoms with E-state index in [-0.39, 0.29) is 18.4 Å². The molecule has 0 aliphatic heterocycles. The molecule has 0 aromatic heterocycles. The van der Waals surface area contributed by atoms with Crippen molar-refractivity contribution in [3.63, 3.8) is 0 Å². The van der Waals surface area contributed by atoms with Crippen molar-refractivity contribution in [2.75, 3.05) is 27.3 Å². The third-order valence-corrected chi connectivity index (χ3v) is 2.87. The van der Waals surface area contributed by atoms with Gasteiger partial charge in [0.25, 0.3) is 0 Å². The molecule has 0 fully saturated rings. The number of hydrogen-bond acceptors (Lipinski definition) is 4. The minimum atomic E-state index is -0.240. The van der Waals surface area contributed by atoms with Gasteiger partial charge in [-0.05, 0) is 38.2 Å².